The average molecular weight is 375 g/mol. The molecule has 6 heteroatoms. The first-order valence-electron chi connectivity index (χ1n) is 9.53. The number of aliphatic hydroxyl groups excluding tert-OH is 2. The lowest BCUT2D eigenvalue weighted by Gasteiger charge is -2.23. The highest BCUT2D eigenvalue weighted by molar-refractivity contribution is 5.87. The first-order chi connectivity index (χ1) is 12.9. The van der Waals surface area contributed by atoms with Crippen molar-refractivity contribution in [3.63, 3.8) is 0 Å². The van der Waals surface area contributed by atoms with E-state index in [-0.39, 0.29) is 23.6 Å². The Morgan fingerprint density at radius 1 is 1.26 bits per heavy atom. The van der Waals surface area contributed by atoms with Crippen LogP contribution < -0.4 is 0 Å². The Balaban J connectivity index is 1.86. The third-order valence-corrected chi connectivity index (χ3v) is 4.89. The molecule has 0 aromatic heterocycles. The molecule has 0 bridgehead atoms. The molecule has 1 heterocycles. The van der Waals surface area contributed by atoms with Crippen molar-refractivity contribution in [2.75, 3.05) is 6.54 Å². The van der Waals surface area contributed by atoms with Crippen LogP contribution in [0.2, 0.25) is 0 Å². The molecule has 1 aromatic rings. The van der Waals surface area contributed by atoms with Gasteiger partial charge in [0.2, 0.25) is 5.91 Å². The van der Waals surface area contributed by atoms with Crippen molar-refractivity contribution in [2.45, 2.75) is 63.7 Å². The van der Waals surface area contributed by atoms with Crippen LogP contribution in [0.4, 0.5) is 0 Å². The van der Waals surface area contributed by atoms with Crippen molar-refractivity contribution in [3.8, 4) is 0 Å². The number of aliphatic hydroxyl groups is 2. The maximum atomic E-state index is 12.2. The second-order valence-electron chi connectivity index (χ2n) is 7.18. The fourth-order valence-electron chi connectivity index (χ4n) is 3.29. The smallest absolute Gasteiger partial charge is 0.335 e. The van der Waals surface area contributed by atoms with Crippen LogP contribution in [0.5, 0.6) is 0 Å². The van der Waals surface area contributed by atoms with E-state index < -0.39 is 12.1 Å². The number of hydrogen-bond acceptors (Lipinski definition) is 4. The summed E-state index contributed by atoms with van der Waals surface area (Å²) in [6.07, 6.45) is 6.66. The number of amides is 1. The molecule has 0 saturated carbocycles. The SMILES string of the molecule is CC(O)CCCC(O)/C=C\C1CCC(=O)N1CCc1ccc(C(=O)O)cc1. The Kier molecular flexibility index (Phi) is 8.00. The molecular weight excluding hydrogens is 346 g/mol. The minimum absolute atomic E-state index is 0.0118. The van der Waals surface area contributed by atoms with Crippen molar-refractivity contribution < 1.29 is 24.9 Å². The summed E-state index contributed by atoms with van der Waals surface area (Å²) in [5.41, 5.74) is 1.24. The zero-order valence-electron chi connectivity index (χ0n) is 15.8. The second kappa shape index (κ2) is 10.2. The molecule has 3 unspecified atom stereocenters. The molecule has 1 fully saturated rings. The lowest BCUT2D eigenvalue weighted by atomic mass is 10.1. The van der Waals surface area contributed by atoms with Crippen LogP contribution in [-0.4, -0.2) is 56.9 Å². The molecule has 27 heavy (non-hydrogen) atoms. The fourth-order valence-corrected chi connectivity index (χ4v) is 3.29. The fraction of sp³-hybridized carbons (Fsp3) is 0.524. The lowest BCUT2D eigenvalue weighted by molar-refractivity contribution is -0.128. The summed E-state index contributed by atoms with van der Waals surface area (Å²) in [4.78, 5) is 24.9. The first-order valence-corrected chi connectivity index (χ1v) is 9.53. The third-order valence-electron chi connectivity index (χ3n) is 4.89. The van der Waals surface area contributed by atoms with Gasteiger partial charge in [0.15, 0.2) is 0 Å². The zero-order chi connectivity index (χ0) is 19.8. The predicted octanol–water partition coefficient (Wildman–Crippen LogP) is 2.39. The molecule has 2 rings (SSSR count). The van der Waals surface area contributed by atoms with Crippen LogP contribution in [0.1, 0.15) is 54.9 Å². The number of benzene rings is 1. The Morgan fingerprint density at radius 2 is 1.96 bits per heavy atom. The van der Waals surface area contributed by atoms with E-state index in [1.54, 1.807) is 37.3 Å². The van der Waals surface area contributed by atoms with Crippen molar-refractivity contribution in [2.24, 2.45) is 0 Å². The van der Waals surface area contributed by atoms with Gasteiger partial charge in [-0.05, 0) is 56.7 Å². The molecule has 1 amide bonds. The number of aromatic carboxylic acids is 1. The minimum atomic E-state index is -0.950. The zero-order valence-corrected chi connectivity index (χ0v) is 15.8. The third kappa shape index (κ3) is 6.81. The Morgan fingerprint density at radius 3 is 2.59 bits per heavy atom. The molecule has 0 spiro atoms. The topological polar surface area (TPSA) is 98.1 Å². The van der Waals surface area contributed by atoms with E-state index in [1.807, 2.05) is 11.0 Å². The number of carbonyl (C=O) groups excluding carboxylic acids is 1. The van der Waals surface area contributed by atoms with Gasteiger partial charge in [0.05, 0.1) is 23.8 Å². The molecule has 3 N–H and O–H groups in total. The first kappa shape index (κ1) is 21.1. The Bertz CT molecular complexity index is 653. The van der Waals surface area contributed by atoms with Gasteiger partial charge in [-0.2, -0.15) is 0 Å². The number of carboxylic acids is 1. The van der Waals surface area contributed by atoms with Gasteiger partial charge in [-0.1, -0.05) is 24.3 Å². The van der Waals surface area contributed by atoms with E-state index in [1.165, 1.54) is 0 Å². The van der Waals surface area contributed by atoms with Gasteiger partial charge in [0.25, 0.3) is 0 Å². The lowest BCUT2D eigenvalue weighted by Crippen LogP contribution is -2.33. The summed E-state index contributed by atoms with van der Waals surface area (Å²) in [6.45, 7) is 2.30. The minimum Gasteiger partial charge on any atom is -0.478 e. The average Bonchev–Trinajstić information content (AvgIpc) is 2.98. The summed E-state index contributed by atoms with van der Waals surface area (Å²) < 4.78 is 0. The van der Waals surface area contributed by atoms with E-state index in [4.69, 9.17) is 5.11 Å². The number of carboxylic acid groups (broad SMARTS) is 1. The van der Waals surface area contributed by atoms with Gasteiger partial charge in [-0.15, -0.1) is 0 Å². The van der Waals surface area contributed by atoms with E-state index in [2.05, 4.69) is 0 Å². The summed E-state index contributed by atoms with van der Waals surface area (Å²) in [7, 11) is 0. The normalized spacial score (nSPS) is 19.6. The highest BCUT2D eigenvalue weighted by Gasteiger charge is 2.28. The van der Waals surface area contributed by atoms with Crippen molar-refractivity contribution in [1.29, 1.82) is 0 Å². The molecule has 0 radical (unpaired) electrons. The van der Waals surface area contributed by atoms with Gasteiger partial charge in [0.1, 0.15) is 0 Å². The molecule has 1 aliphatic rings. The largest absolute Gasteiger partial charge is 0.478 e. The van der Waals surface area contributed by atoms with Gasteiger partial charge in [0, 0.05) is 13.0 Å². The maximum absolute atomic E-state index is 12.2. The van der Waals surface area contributed by atoms with Crippen LogP contribution in [0.3, 0.4) is 0 Å². The molecular formula is C21H29NO5. The van der Waals surface area contributed by atoms with Crippen molar-refractivity contribution in [3.05, 3.63) is 47.5 Å². The molecule has 1 aromatic carbocycles. The highest BCUT2D eigenvalue weighted by Crippen LogP contribution is 2.21. The maximum Gasteiger partial charge on any atom is 0.335 e. The Labute approximate surface area is 160 Å². The molecule has 1 saturated heterocycles. The van der Waals surface area contributed by atoms with Crippen molar-refractivity contribution in [1.82, 2.24) is 4.90 Å². The molecule has 3 atom stereocenters. The number of nitrogens with zero attached hydrogens (tertiary/aromatic N) is 1. The Hall–Kier alpha value is -2.18. The summed E-state index contributed by atoms with van der Waals surface area (Å²) in [6, 6.07) is 6.69. The van der Waals surface area contributed by atoms with Crippen LogP contribution in [0.15, 0.2) is 36.4 Å². The number of likely N-dealkylation sites (tertiary alicyclic amines) is 1. The molecule has 6 nitrogen and oxygen atoms in total. The molecule has 148 valence electrons. The van der Waals surface area contributed by atoms with Gasteiger partial charge in [-0.3, -0.25) is 4.79 Å². The van der Waals surface area contributed by atoms with Gasteiger partial charge in [-0.25, -0.2) is 4.79 Å². The summed E-state index contributed by atoms with van der Waals surface area (Å²) >= 11 is 0. The van der Waals surface area contributed by atoms with E-state index in [0.717, 1.165) is 18.4 Å². The summed E-state index contributed by atoms with van der Waals surface area (Å²) in [5, 5.41) is 28.2. The van der Waals surface area contributed by atoms with Crippen LogP contribution >= 0.6 is 0 Å². The standard InChI is InChI=1S/C21H29NO5/c1-15(23)3-2-4-19(24)11-9-18-10-12-20(25)22(18)14-13-16-5-7-17(8-6-16)21(26)27/h5-9,11,15,18-19,23-24H,2-4,10,12-14H2,1H3,(H,26,27)/b11-9-. The number of hydrogen-bond donors (Lipinski definition) is 3. The van der Waals surface area contributed by atoms with Crippen LogP contribution in [0, 0.1) is 0 Å². The predicted molar refractivity (Wildman–Crippen MR) is 103 cm³/mol. The van der Waals surface area contributed by atoms with E-state index in [0.29, 0.717) is 32.2 Å². The molecule has 0 aliphatic carbocycles. The van der Waals surface area contributed by atoms with Gasteiger partial charge >= 0.3 is 5.97 Å². The summed E-state index contributed by atoms with van der Waals surface area (Å²) in [5.74, 6) is -0.844. The van der Waals surface area contributed by atoms with E-state index >= 15 is 0 Å². The highest BCUT2D eigenvalue weighted by atomic mass is 16.4. The molecule has 1 aliphatic heterocycles. The van der Waals surface area contributed by atoms with E-state index in [9.17, 15) is 19.8 Å². The van der Waals surface area contributed by atoms with Crippen molar-refractivity contribution >= 4 is 11.9 Å². The second-order valence-corrected chi connectivity index (χ2v) is 7.18. The number of rotatable bonds is 10. The van der Waals surface area contributed by atoms with Crippen LogP contribution in [-0.2, 0) is 11.2 Å². The van der Waals surface area contributed by atoms with Crippen LogP contribution in [0.25, 0.3) is 0 Å². The van der Waals surface area contributed by atoms with Gasteiger partial charge < -0.3 is 20.2 Å². The quantitative estimate of drug-likeness (QED) is 0.546. The number of carbonyl (C=O) groups is 2. The monoisotopic (exact) mass is 375 g/mol.